The van der Waals surface area contributed by atoms with Crippen molar-refractivity contribution in [3.05, 3.63) is 28.6 Å². The van der Waals surface area contributed by atoms with Crippen LogP contribution in [-0.4, -0.2) is 22.4 Å². The Morgan fingerprint density at radius 1 is 1.57 bits per heavy atom. The van der Waals surface area contributed by atoms with Gasteiger partial charge in [-0.15, -0.1) is 4.91 Å². The quantitative estimate of drug-likeness (QED) is 0.654. The van der Waals surface area contributed by atoms with Crippen LogP contribution in [0.4, 0.5) is 5.82 Å². The van der Waals surface area contributed by atoms with Gasteiger partial charge in [0, 0.05) is 29.1 Å². The SMILES string of the molecule is O=NC(=O)C1=Cc2cncnc2NC1. The number of hydrogen-bond acceptors (Lipinski definition) is 5. The summed E-state index contributed by atoms with van der Waals surface area (Å²) < 4.78 is 0. The molecule has 0 aromatic carbocycles. The second kappa shape index (κ2) is 3.33. The molecular weight excluding hydrogens is 184 g/mol. The van der Waals surface area contributed by atoms with Gasteiger partial charge in [0.15, 0.2) is 0 Å². The highest BCUT2D eigenvalue weighted by atomic mass is 16.3. The topological polar surface area (TPSA) is 84.3 Å². The number of carbonyl (C=O) groups is 1. The first-order chi connectivity index (χ1) is 6.81. The highest BCUT2D eigenvalue weighted by Crippen LogP contribution is 2.20. The number of nitroso groups, excluding NO2 is 1. The third-order valence-electron chi connectivity index (χ3n) is 1.87. The highest BCUT2D eigenvalue weighted by Gasteiger charge is 2.16. The number of anilines is 1. The third-order valence-corrected chi connectivity index (χ3v) is 1.87. The molecule has 6 heteroatoms. The summed E-state index contributed by atoms with van der Waals surface area (Å²) >= 11 is 0. The van der Waals surface area contributed by atoms with Crippen LogP contribution in [0.2, 0.25) is 0 Å². The monoisotopic (exact) mass is 190 g/mol. The molecule has 0 aliphatic carbocycles. The van der Waals surface area contributed by atoms with E-state index in [0.717, 1.165) is 0 Å². The zero-order valence-corrected chi connectivity index (χ0v) is 7.10. The number of aromatic nitrogens is 2. The molecule has 70 valence electrons. The molecule has 2 rings (SSSR count). The van der Waals surface area contributed by atoms with Crippen molar-refractivity contribution in [1.29, 1.82) is 0 Å². The summed E-state index contributed by atoms with van der Waals surface area (Å²) in [5, 5.41) is 5.24. The number of rotatable bonds is 1. The van der Waals surface area contributed by atoms with Gasteiger partial charge in [-0.2, -0.15) is 0 Å². The van der Waals surface area contributed by atoms with E-state index < -0.39 is 5.91 Å². The minimum absolute atomic E-state index is 0.272. The lowest BCUT2D eigenvalue weighted by molar-refractivity contribution is -0.114. The van der Waals surface area contributed by atoms with Crippen LogP contribution in [0.1, 0.15) is 5.56 Å². The second-order valence-electron chi connectivity index (χ2n) is 2.75. The molecule has 1 aliphatic rings. The Hall–Kier alpha value is -2.11. The molecule has 0 spiro atoms. The first kappa shape index (κ1) is 8.49. The van der Waals surface area contributed by atoms with E-state index in [1.165, 1.54) is 6.33 Å². The number of hydrogen-bond donors (Lipinski definition) is 1. The summed E-state index contributed by atoms with van der Waals surface area (Å²) in [7, 11) is 0. The minimum Gasteiger partial charge on any atom is -0.365 e. The first-order valence-corrected chi connectivity index (χ1v) is 3.93. The fraction of sp³-hybridized carbons (Fsp3) is 0.125. The molecule has 0 saturated heterocycles. The maximum Gasteiger partial charge on any atom is 0.314 e. The fourth-order valence-electron chi connectivity index (χ4n) is 1.21. The van der Waals surface area contributed by atoms with Crippen LogP contribution in [0.15, 0.2) is 23.3 Å². The molecule has 1 aromatic heterocycles. The van der Waals surface area contributed by atoms with Crippen molar-refractivity contribution in [3.8, 4) is 0 Å². The van der Waals surface area contributed by atoms with Gasteiger partial charge in [0.25, 0.3) is 0 Å². The van der Waals surface area contributed by atoms with Gasteiger partial charge < -0.3 is 5.32 Å². The van der Waals surface area contributed by atoms with Crippen molar-refractivity contribution in [2.24, 2.45) is 5.18 Å². The third kappa shape index (κ3) is 1.37. The number of carbonyl (C=O) groups excluding carboxylic acids is 1. The highest BCUT2D eigenvalue weighted by molar-refractivity contribution is 6.00. The molecule has 6 nitrogen and oxygen atoms in total. The summed E-state index contributed by atoms with van der Waals surface area (Å²) in [4.78, 5) is 28.7. The molecule has 0 radical (unpaired) electrons. The van der Waals surface area contributed by atoms with Gasteiger partial charge in [0.1, 0.15) is 12.1 Å². The summed E-state index contributed by atoms with van der Waals surface area (Å²) in [6.45, 7) is 0.272. The van der Waals surface area contributed by atoms with Gasteiger partial charge >= 0.3 is 5.91 Å². The van der Waals surface area contributed by atoms with Gasteiger partial charge in [-0.05, 0) is 6.08 Å². The Labute approximate surface area is 79.0 Å². The van der Waals surface area contributed by atoms with Crippen molar-refractivity contribution >= 4 is 17.8 Å². The van der Waals surface area contributed by atoms with E-state index >= 15 is 0 Å². The van der Waals surface area contributed by atoms with Crippen molar-refractivity contribution in [2.45, 2.75) is 0 Å². The van der Waals surface area contributed by atoms with Crippen LogP contribution in [0.3, 0.4) is 0 Å². The molecule has 0 bridgehead atoms. The van der Waals surface area contributed by atoms with Crippen molar-refractivity contribution in [2.75, 3.05) is 11.9 Å². The largest absolute Gasteiger partial charge is 0.365 e. The van der Waals surface area contributed by atoms with Gasteiger partial charge in [0.05, 0.1) is 0 Å². The molecule has 14 heavy (non-hydrogen) atoms. The zero-order valence-electron chi connectivity index (χ0n) is 7.10. The lowest BCUT2D eigenvalue weighted by Gasteiger charge is -2.13. The normalized spacial score (nSPS) is 13.6. The molecule has 0 atom stereocenters. The molecule has 1 amide bonds. The van der Waals surface area contributed by atoms with E-state index in [1.807, 2.05) is 0 Å². The average molecular weight is 190 g/mol. The Morgan fingerprint density at radius 3 is 3.21 bits per heavy atom. The Kier molecular flexibility index (Phi) is 2.02. The Bertz CT molecular complexity index is 427. The molecule has 2 heterocycles. The van der Waals surface area contributed by atoms with E-state index in [-0.39, 0.29) is 6.54 Å². The van der Waals surface area contributed by atoms with Crippen LogP contribution >= 0.6 is 0 Å². The zero-order chi connectivity index (χ0) is 9.97. The van der Waals surface area contributed by atoms with E-state index in [4.69, 9.17) is 0 Å². The van der Waals surface area contributed by atoms with Gasteiger partial charge in [-0.3, -0.25) is 4.79 Å². The molecule has 0 fully saturated rings. The first-order valence-electron chi connectivity index (χ1n) is 3.93. The predicted octanol–water partition coefficient (Wildman–Crippen LogP) is 0.579. The molecule has 0 unspecified atom stereocenters. The summed E-state index contributed by atoms with van der Waals surface area (Å²) in [5.74, 6) is -0.102. The average Bonchev–Trinajstić information content (AvgIpc) is 2.27. The van der Waals surface area contributed by atoms with E-state index in [1.54, 1.807) is 12.3 Å². The van der Waals surface area contributed by atoms with Crippen LogP contribution in [0.25, 0.3) is 6.08 Å². The molecule has 1 aliphatic heterocycles. The van der Waals surface area contributed by atoms with E-state index in [2.05, 4.69) is 20.5 Å². The minimum atomic E-state index is -0.757. The Morgan fingerprint density at radius 2 is 2.43 bits per heavy atom. The number of nitrogens with zero attached hydrogens (tertiary/aromatic N) is 3. The fourth-order valence-corrected chi connectivity index (χ4v) is 1.21. The second-order valence-corrected chi connectivity index (χ2v) is 2.75. The lowest BCUT2D eigenvalue weighted by atomic mass is 10.1. The predicted molar refractivity (Wildman–Crippen MR) is 49.3 cm³/mol. The van der Waals surface area contributed by atoms with Crippen LogP contribution in [-0.2, 0) is 4.79 Å². The van der Waals surface area contributed by atoms with E-state index in [0.29, 0.717) is 17.0 Å². The maximum absolute atomic E-state index is 10.9. The Balaban J connectivity index is 2.40. The number of fused-ring (bicyclic) bond motifs is 1. The van der Waals surface area contributed by atoms with Crippen LogP contribution in [0, 0.1) is 4.91 Å². The van der Waals surface area contributed by atoms with Crippen molar-refractivity contribution < 1.29 is 4.79 Å². The number of nitrogens with one attached hydrogen (secondary N) is 1. The van der Waals surface area contributed by atoms with Crippen LogP contribution in [0.5, 0.6) is 0 Å². The summed E-state index contributed by atoms with van der Waals surface area (Å²) in [6.07, 6.45) is 4.53. The standard InChI is InChI=1S/C8H6N4O2/c13-8(12-14)6-1-5-2-9-4-11-7(5)10-3-6/h1-2,4H,3H2,(H,9,10,11). The number of amides is 1. The molecule has 1 N–H and O–H groups in total. The van der Waals surface area contributed by atoms with E-state index in [9.17, 15) is 9.70 Å². The van der Waals surface area contributed by atoms with Crippen molar-refractivity contribution in [3.63, 3.8) is 0 Å². The molecular formula is C8H6N4O2. The molecule has 1 aromatic rings. The maximum atomic E-state index is 10.9. The van der Waals surface area contributed by atoms with Gasteiger partial charge in [0.2, 0.25) is 0 Å². The lowest BCUT2D eigenvalue weighted by Crippen LogP contribution is -2.16. The van der Waals surface area contributed by atoms with Gasteiger partial charge in [-0.1, -0.05) is 0 Å². The van der Waals surface area contributed by atoms with Gasteiger partial charge in [-0.25, -0.2) is 9.97 Å². The smallest absolute Gasteiger partial charge is 0.314 e. The van der Waals surface area contributed by atoms with Crippen molar-refractivity contribution in [1.82, 2.24) is 9.97 Å². The van der Waals surface area contributed by atoms with Crippen LogP contribution < -0.4 is 5.32 Å². The summed E-state index contributed by atoms with van der Waals surface area (Å²) in [5.41, 5.74) is 1.01. The molecule has 0 saturated carbocycles. The summed E-state index contributed by atoms with van der Waals surface area (Å²) in [6, 6.07) is 0.